The fourth-order valence-electron chi connectivity index (χ4n) is 2.06. The van der Waals surface area contributed by atoms with Gasteiger partial charge >= 0.3 is 0 Å². The number of carbonyl (C=O) groups is 1. The standard InChI is InChI=1S/C17H20N2O5S/c1-2-3-7-24-16-11-18-13(9-15(16)20)10-19-17(21)12-5-4-6-14(8-12)25(22)23/h4-6,8-9,11H,2-3,7,10H2,1H3,(H,18,20)(H,19,21)(H,22,23)/p-1. The molecule has 2 N–H and O–H groups in total. The number of hydrogen-bond donors (Lipinski definition) is 2. The molecular formula is C17H19N2O5S-. The van der Waals surface area contributed by atoms with Crippen LogP contribution in [0.4, 0.5) is 0 Å². The van der Waals surface area contributed by atoms with Crippen LogP contribution in [0.3, 0.4) is 0 Å². The number of amides is 1. The second-order valence-corrected chi connectivity index (χ2v) is 6.27. The summed E-state index contributed by atoms with van der Waals surface area (Å²) in [6.45, 7) is 2.62. The quantitative estimate of drug-likeness (QED) is 0.548. The van der Waals surface area contributed by atoms with Crippen molar-refractivity contribution in [2.45, 2.75) is 31.2 Å². The first-order chi connectivity index (χ1) is 12.0. The van der Waals surface area contributed by atoms with Crippen molar-refractivity contribution < 1.29 is 18.3 Å². The average molecular weight is 363 g/mol. The van der Waals surface area contributed by atoms with Crippen molar-refractivity contribution >= 4 is 17.0 Å². The molecule has 2 aromatic rings. The summed E-state index contributed by atoms with van der Waals surface area (Å²) in [7, 11) is 0. The lowest BCUT2D eigenvalue weighted by atomic mass is 10.2. The van der Waals surface area contributed by atoms with Gasteiger partial charge in [0, 0.05) is 28.4 Å². The van der Waals surface area contributed by atoms with Gasteiger partial charge in [0.2, 0.25) is 5.43 Å². The third-order valence-corrected chi connectivity index (χ3v) is 4.06. The number of hydrogen-bond acceptors (Lipinski definition) is 5. The van der Waals surface area contributed by atoms with E-state index in [9.17, 15) is 18.4 Å². The first-order valence-electron chi connectivity index (χ1n) is 7.83. The van der Waals surface area contributed by atoms with Gasteiger partial charge < -0.3 is 19.6 Å². The maximum atomic E-state index is 12.1. The minimum atomic E-state index is -2.40. The molecule has 0 aliphatic carbocycles. The third kappa shape index (κ3) is 5.54. The lowest BCUT2D eigenvalue weighted by Gasteiger charge is -2.09. The summed E-state index contributed by atoms with van der Waals surface area (Å²) in [4.78, 5) is 27.0. The lowest BCUT2D eigenvalue weighted by molar-refractivity contribution is 0.0950. The Hall–Kier alpha value is -2.45. The van der Waals surface area contributed by atoms with Gasteiger partial charge in [0.15, 0.2) is 5.75 Å². The first kappa shape index (κ1) is 18.9. The summed E-state index contributed by atoms with van der Waals surface area (Å²) in [5.41, 5.74) is 0.483. The Morgan fingerprint density at radius 2 is 2.16 bits per heavy atom. The number of rotatable bonds is 8. The van der Waals surface area contributed by atoms with Crippen molar-refractivity contribution in [3.63, 3.8) is 0 Å². The van der Waals surface area contributed by atoms with Gasteiger partial charge in [0.05, 0.1) is 13.2 Å². The van der Waals surface area contributed by atoms with Crippen LogP contribution in [0.25, 0.3) is 0 Å². The van der Waals surface area contributed by atoms with Gasteiger partial charge in [-0.25, -0.2) is 0 Å². The van der Waals surface area contributed by atoms with E-state index in [-0.39, 0.29) is 28.2 Å². The van der Waals surface area contributed by atoms with E-state index in [1.165, 1.54) is 36.5 Å². The summed E-state index contributed by atoms with van der Waals surface area (Å²) < 4.78 is 27.2. The number of aromatic nitrogens is 1. The van der Waals surface area contributed by atoms with Crippen molar-refractivity contribution in [1.29, 1.82) is 0 Å². The molecular weight excluding hydrogens is 344 g/mol. The third-order valence-electron chi connectivity index (χ3n) is 3.42. The maximum Gasteiger partial charge on any atom is 0.251 e. The number of nitrogens with one attached hydrogen (secondary N) is 2. The first-order valence-corrected chi connectivity index (χ1v) is 8.90. The smallest absolute Gasteiger partial charge is 0.251 e. The molecule has 0 spiro atoms. The molecule has 134 valence electrons. The lowest BCUT2D eigenvalue weighted by Crippen LogP contribution is -2.24. The van der Waals surface area contributed by atoms with Gasteiger partial charge in [-0.2, -0.15) is 0 Å². The fraction of sp³-hybridized carbons (Fsp3) is 0.294. The van der Waals surface area contributed by atoms with Crippen LogP contribution >= 0.6 is 0 Å². The molecule has 8 heteroatoms. The number of benzene rings is 1. The van der Waals surface area contributed by atoms with E-state index >= 15 is 0 Å². The van der Waals surface area contributed by atoms with E-state index in [1.54, 1.807) is 0 Å². The zero-order valence-corrected chi connectivity index (χ0v) is 14.6. The Kier molecular flexibility index (Phi) is 6.91. The Labute approximate surface area is 147 Å². The summed E-state index contributed by atoms with van der Waals surface area (Å²) in [5.74, 6) is -0.189. The van der Waals surface area contributed by atoms with Crippen LogP contribution in [0.15, 0.2) is 46.2 Å². The van der Waals surface area contributed by atoms with E-state index in [0.717, 1.165) is 12.8 Å². The molecule has 0 aliphatic heterocycles. The molecule has 0 radical (unpaired) electrons. The van der Waals surface area contributed by atoms with Gasteiger partial charge in [0.25, 0.3) is 5.91 Å². The second-order valence-electron chi connectivity index (χ2n) is 5.33. The molecule has 1 amide bonds. The van der Waals surface area contributed by atoms with Gasteiger partial charge in [-0.15, -0.1) is 0 Å². The molecule has 1 aromatic heterocycles. The number of unbranched alkanes of at least 4 members (excludes halogenated alkanes) is 1. The molecule has 25 heavy (non-hydrogen) atoms. The molecule has 7 nitrogen and oxygen atoms in total. The highest BCUT2D eigenvalue weighted by atomic mass is 32.2. The van der Waals surface area contributed by atoms with Crippen LogP contribution in [0.1, 0.15) is 35.8 Å². The van der Waals surface area contributed by atoms with Crippen molar-refractivity contribution in [1.82, 2.24) is 10.3 Å². The Morgan fingerprint density at radius 3 is 2.84 bits per heavy atom. The van der Waals surface area contributed by atoms with Crippen LogP contribution in [0, 0.1) is 0 Å². The van der Waals surface area contributed by atoms with Gasteiger partial charge in [0.1, 0.15) is 0 Å². The predicted octanol–water partition coefficient (Wildman–Crippen LogP) is 1.72. The summed E-state index contributed by atoms with van der Waals surface area (Å²) >= 11 is -2.40. The summed E-state index contributed by atoms with van der Waals surface area (Å²) in [6, 6.07) is 7.05. The fourth-order valence-corrected chi connectivity index (χ4v) is 2.47. The second kappa shape index (κ2) is 9.14. The van der Waals surface area contributed by atoms with Gasteiger partial charge in [-0.1, -0.05) is 19.4 Å². The average Bonchev–Trinajstić information content (AvgIpc) is 2.61. The highest BCUT2D eigenvalue weighted by molar-refractivity contribution is 7.79. The predicted molar refractivity (Wildman–Crippen MR) is 92.3 cm³/mol. The molecule has 0 saturated heterocycles. The minimum absolute atomic E-state index is 0.0367. The van der Waals surface area contributed by atoms with Crippen molar-refractivity contribution in [2.75, 3.05) is 6.61 Å². The zero-order valence-electron chi connectivity index (χ0n) is 13.7. The van der Waals surface area contributed by atoms with Crippen LogP contribution in [-0.2, 0) is 17.6 Å². The monoisotopic (exact) mass is 363 g/mol. The highest BCUT2D eigenvalue weighted by Gasteiger charge is 2.08. The largest absolute Gasteiger partial charge is 0.768 e. The molecule has 1 atom stereocenters. The van der Waals surface area contributed by atoms with Crippen LogP contribution in [0.5, 0.6) is 5.75 Å². The van der Waals surface area contributed by atoms with Crippen LogP contribution in [0.2, 0.25) is 0 Å². The molecule has 0 aliphatic rings. The van der Waals surface area contributed by atoms with Crippen molar-refractivity contribution in [3.8, 4) is 5.75 Å². The zero-order chi connectivity index (χ0) is 18.2. The van der Waals surface area contributed by atoms with Crippen LogP contribution in [-0.4, -0.2) is 26.3 Å². The number of aromatic amines is 1. The molecule has 0 bridgehead atoms. The van der Waals surface area contributed by atoms with E-state index in [1.807, 2.05) is 6.92 Å². The Morgan fingerprint density at radius 1 is 1.36 bits per heavy atom. The summed E-state index contributed by atoms with van der Waals surface area (Å²) in [6.07, 6.45) is 3.31. The summed E-state index contributed by atoms with van der Waals surface area (Å²) in [5, 5.41) is 2.63. The van der Waals surface area contributed by atoms with E-state index in [0.29, 0.717) is 12.3 Å². The molecule has 0 saturated carbocycles. The van der Waals surface area contributed by atoms with E-state index < -0.39 is 17.0 Å². The highest BCUT2D eigenvalue weighted by Crippen LogP contribution is 2.09. The Balaban J connectivity index is 1.98. The van der Waals surface area contributed by atoms with E-state index in [4.69, 9.17) is 4.74 Å². The van der Waals surface area contributed by atoms with Gasteiger partial charge in [-0.05, 0) is 35.7 Å². The SMILES string of the molecule is CCCCOc1c[nH]c(CNC(=O)c2cccc(S(=O)[O-])c2)cc1=O. The minimum Gasteiger partial charge on any atom is -0.768 e. The van der Waals surface area contributed by atoms with Crippen molar-refractivity contribution in [3.05, 3.63) is 58.0 Å². The van der Waals surface area contributed by atoms with E-state index in [2.05, 4.69) is 10.3 Å². The number of carbonyl (C=O) groups excluding carboxylic acids is 1. The topological polar surface area (TPSA) is 111 Å². The molecule has 2 rings (SSSR count). The van der Waals surface area contributed by atoms with Gasteiger partial charge in [-0.3, -0.25) is 13.8 Å². The Bertz CT molecular complexity index is 819. The number of H-pyrrole nitrogens is 1. The van der Waals surface area contributed by atoms with Crippen molar-refractivity contribution in [2.24, 2.45) is 0 Å². The number of ether oxygens (including phenoxy) is 1. The normalized spacial score (nSPS) is 11.8. The molecule has 0 fully saturated rings. The van der Waals surface area contributed by atoms with Crippen LogP contribution < -0.4 is 15.5 Å². The number of pyridine rings is 1. The maximum absolute atomic E-state index is 12.1. The molecule has 1 unspecified atom stereocenters. The molecule has 1 heterocycles. The molecule has 1 aromatic carbocycles.